The predicted octanol–water partition coefficient (Wildman–Crippen LogP) is 4.66. The van der Waals surface area contributed by atoms with E-state index in [1.165, 1.54) is 0 Å². The van der Waals surface area contributed by atoms with E-state index >= 15 is 0 Å². The number of benzene rings is 2. The molecule has 2 amide bonds. The number of fused-ring (bicyclic) bond motifs is 1. The zero-order chi connectivity index (χ0) is 24.0. The van der Waals surface area contributed by atoms with Crippen molar-refractivity contribution in [1.29, 1.82) is 0 Å². The summed E-state index contributed by atoms with van der Waals surface area (Å²) >= 11 is 0. The molecule has 176 valence electrons. The summed E-state index contributed by atoms with van der Waals surface area (Å²) in [5.74, 6) is 0.737. The Morgan fingerprint density at radius 1 is 1.03 bits per heavy atom. The summed E-state index contributed by atoms with van der Waals surface area (Å²) in [6.45, 7) is 5.75. The molecule has 0 saturated carbocycles. The third-order valence-electron chi connectivity index (χ3n) is 5.72. The molecule has 0 radical (unpaired) electrons. The summed E-state index contributed by atoms with van der Waals surface area (Å²) in [5, 5.41) is 6.83. The third kappa shape index (κ3) is 5.66. The maximum Gasteiger partial charge on any atom is 0.268 e. The molecule has 0 spiro atoms. The molecule has 2 unspecified atom stereocenters. The van der Waals surface area contributed by atoms with Crippen molar-refractivity contribution >= 4 is 22.7 Å². The molecule has 0 bridgehead atoms. The van der Waals surface area contributed by atoms with Crippen LogP contribution in [0.1, 0.15) is 60.8 Å². The molecule has 0 saturated heterocycles. The van der Waals surface area contributed by atoms with E-state index in [0.29, 0.717) is 17.2 Å². The van der Waals surface area contributed by atoms with E-state index in [0.717, 1.165) is 41.3 Å². The molecule has 1 heterocycles. The van der Waals surface area contributed by atoms with Gasteiger partial charge >= 0.3 is 0 Å². The van der Waals surface area contributed by atoms with Crippen LogP contribution in [0.15, 0.2) is 42.5 Å². The molecule has 3 N–H and O–H groups in total. The summed E-state index contributed by atoms with van der Waals surface area (Å²) in [7, 11) is 3.22. The monoisotopic (exact) mass is 451 g/mol. The number of H-pyrrole nitrogens is 1. The Kier molecular flexibility index (Phi) is 7.98. The number of amides is 2. The van der Waals surface area contributed by atoms with Crippen molar-refractivity contribution in [3.63, 3.8) is 0 Å². The van der Waals surface area contributed by atoms with Crippen LogP contribution < -0.4 is 20.1 Å². The van der Waals surface area contributed by atoms with Crippen molar-refractivity contribution in [1.82, 2.24) is 15.6 Å². The van der Waals surface area contributed by atoms with E-state index in [1.807, 2.05) is 43.3 Å². The number of unbranched alkanes of at least 4 members (excludes halogenated alkanes) is 1. The molecule has 1 aromatic heterocycles. The van der Waals surface area contributed by atoms with E-state index in [9.17, 15) is 9.59 Å². The lowest BCUT2D eigenvalue weighted by Gasteiger charge is -2.25. The van der Waals surface area contributed by atoms with Gasteiger partial charge in [-0.1, -0.05) is 38.0 Å². The number of nitrogens with one attached hydrogen (secondary N) is 3. The second-order valence-electron chi connectivity index (χ2n) is 8.25. The quantitative estimate of drug-likeness (QED) is 0.418. The van der Waals surface area contributed by atoms with E-state index in [1.54, 1.807) is 27.2 Å². The minimum Gasteiger partial charge on any atom is -0.496 e. The first-order valence-electron chi connectivity index (χ1n) is 11.3. The number of carbonyl (C=O) groups is 2. The number of carbonyl (C=O) groups excluding carboxylic acids is 2. The van der Waals surface area contributed by atoms with Gasteiger partial charge in [0.1, 0.15) is 23.2 Å². The molecule has 0 aliphatic carbocycles. The maximum atomic E-state index is 13.1. The Labute approximate surface area is 194 Å². The Morgan fingerprint density at radius 3 is 2.30 bits per heavy atom. The topological polar surface area (TPSA) is 92.5 Å². The fraction of sp³-hybridized carbons (Fsp3) is 0.385. The molecule has 2 aromatic carbocycles. The number of hydrogen-bond acceptors (Lipinski definition) is 4. The normalized spacial score (nSPS) is 12.8. The summed E-state index contributed by atoms with van der Waals surface area (Å²) in [6, 6.07) is 12.3. The van der Waals surface area contributed by atoms with Crippen molar-refractivity contribution in [2.45, 2.75) is 52.1 Å². The number of ether oxygens (including phenoxy) is 2. The number of hydrogen-bond donors (Lipinski definition) is 3. The largest absolute Gasteiger partial charge is 0.496 e. The molecule has 0 fully saturated rings. The van der Waals surface area contributed by atoms with E-state index < -0.39 is 6.04 Å². The second kappa shape index (κ2) is 10.9. The third-order valence-corrected chi connectivity index (χ3v) is 5.72. The molecular formula is C26H33N3O4. The van der Waals surface area contributed by atoms with Gasteiger partial charge in [0.2, 0.25) is 5.91 Å². The van der Waals surface area contributed by atoms with Gasteiger partial charge in [0, 0.05) is 10.9 Å². The van der Waals surface area contributed by atoms with Gasteiger partial charge in [-0.05, 0) is 50.1 Å². The first kappa shape index (κ1) is 24.2. The van der Waals surface area contributed by atoms with Crippen LogP contribution in [0, 0.1) is 6.92 Å². The number of para-hydroxylation sites is 1. The van der Waals surface area contributed by atoms with Crippen LogP contribution >= 0.6 is 0 Å². The lowest BCUT2D eigenvalue weighted by Crippen LogP contribution is -2.46. The first-order chi connectivity index (χ1) is 15.9. The summed E-state index contributed by atoms with van der Waals surface area (Å²) < 4.78 is 11.2. The van der Waals surface area contributed by atoms with Gasteiger partial charge in [-0.3, -0.25) is 9.59 Å². The zero-order valence-corrected chi connectivity index (χ0v) is 20.0. The van der Waals surface area contributed by atoms with Crippen LogP contribution in [0.25, 0.3) is 10.9 Å². The van der Waals surface area contributed by atoms with Crippen LogP contribution in [0.5, 0.6) is 11.5 Å². The molecule has 2 atom stereocenters. The standard InChI is InChI=1S/C26H33N3O4/c1-6-7-11-20(24-22(32-4)13-16(2)14-23(24)33-5)29-25(30)17(3)27-26(31)21-15-18-10-8-9-12-19(18)28-21/h8-10,12-15,17,20,28H,6-7,11H2,1-5H3,(H,27,31)(H,29,30). The number of aromatic nitrogens is 1. The smallest absolute Gasteiger partial charge is 0.268 e. The Bertz CT molecular complexity index is 1060. The van der Waals surface area contributed by atoms with E-state index in [4.69, 9.17) is 9.47 Å². The molecule has 33 heavy (non-hydrogen) atoms. The lowest BCUT2D eigenvalue weighted by molar-refractivity contribution is -0.123. The highest BCUT2D eigenvalue weighted by Gasteiger charge is 2.26. The van der Waals surface area contributed by atoms with Crippen LogP contribution in [0.3, 0.4) is 0 Å². The summed E-state index contributed by atoms with van der Waals surface area (Å²) in [6.07, 6.45) is 2.62. The van der Waals surface area contributed by atoms with Crippen LogP contribution in [0.2, 0.25) is 0 Å². The highest BCUT2D eigenvalue weighted by Crippen LogP contribution is 2.37. The average molecular weight is 452 g/mol. The van der Waals surface area contributed by atoms with Crippen molar-refractivity contribution in [3.8, 4) is 11.5 Å². The van der Waals surface area contributed by atoms with Gasteiger partial charge in [-0.25, -0.2) is 0 Å². The number of aryl methyl sites for hydroxylation is 1. The molecular weight excluding hydrogens is 418 g/mol. The van der Waals surface area contributed by atoms with Gasteiger partial charge in [0.05, 0.1) is 25.8 Å². The number of rotatable bonds is 10. The Balaban J connectivity index is 1.77. The lowest BCUT2D eigenvalue weighted by atomic mass is 9.97. The molecule has 7 heteroatoms. The van der Waals surface area contributed by atoms with Crippen LogP contribution in [-0.4, -0.2) is 37.1 Å². The molecule has 7 nitrogen and oxygen atoms in total. The molecule has 3 rings (SSSR count). The minimum absolute atomic E-state index is 0.273. The summed E-state index contributed by atoms with van der Waals surface area (Å²) in [4.78, 5) is 28.9. The van der Waals surface area contributed by atoms with Gasteiger partial charge in [0.15, 0.2) is 0 Å². The fourth-order valence-corrected chi connectivity index (χ4v) is 3.94. The van der Waals surface area contributed by atoms with Gasteiger partial charge in [-0.2, -0.15) is 0 Å². The Hall–Kier alpha value is -3.48. The van der Waals surface area contributed by atoms with Crippen molar-refractivity contribution in [3.05, 3.63) is 59.3 Å². The van der Waals surface area contributed by atoms with Crippen molar-refractivity contribution in [2.75, 3.05) is 14.2 Å². The van der Waals surface area contributed by atoms with E-state index in [2.05, 4.69) is 22.5 Å². The van der Waals surface area contributed by atoms with Crippen molar-refractivity contribution < 1.29 is 19.1 Å². The summed E-state index contributed by atoms with van der Waals surface area (Å²) in [5.41, 5.74) is 3.10. The van der Waals surface area contributed by atoms with Crippen LogP contribution in [0.4, 0.5) is 0 Å². The van der Waals surface area contributed by atoms with Gasteiger partial charge in [0.25, 0.3) is 5.91 Å². The highest BCUT2D eigenvalue weighted by atomic mass is 16.5. The van der Waals surface area contributed by atoms with Gasteiger partial charge in [-0.15, -0.1) is 0 Å². The zero-order valence-electron chi connectivity index (χ0n) is 20.0. The minimum atomic E-state index is -0.726. The second-order valence-corrected chi connectivity index (χ2v) is 8.25. The SMILES string of the molecule is CCCCC(NC(=O)C(C)NC(=O)c1cc2ccccc2[nH]1)c1c(OC)cc(C)cc1OC. The number of aromatic amines is 1. The molecule has 0 aliphatic rings. The van der Waals surface area contributed by atoms with Crippen molar-refractivity contribution in [2.24, 2.45) is 0 Å². The molecule has 0 aliphatic heterocycles. The first-order valence-corrected chi connectivity index (χ1v) is 11.3. The Morgan fingerprint density at radius 2 is 1.70 bits per heavy atom. The van der Waals surface area contributed by atoms with Crippen LogP contribution in [-0.2, 0) is 4.79 Å². The average Bonchev–Trinajstić information content (AvgIpc) is 3.25. The predicted molar refractivity (Wildman–Crippen MR) is 130 cm³/mol. The highest BCUT2D eigenvalue weighted by molar-refractivity contribution is 6.00. The fourth-order valence-electron chi connectivity index (χ4n) is 3.94. The van der Waals surface area contributed by atoms with E-state index in [-0.39, 0.29) is 17.9 Å². The van der Waals surface area contributed by atoms with Gasteiger partial charge < -0.3 is 25.1 Å². The maximum absolute atomic E-state index is 13.1. The number of methoxy groups -OCH3 is 2. The molecule has 3 aromatic rings.